The summed E-state index contributed by atoms with van der Waals surface area (Å²) in [6.07, 6.45) is 3.14. The van der Waals surface area contributed by atoms with Crippen LogP contribution in [0.5, 0.6) is 0 Å². The van der Waals surface area contributed by atoms with Crippen LogP contribution in [0.1, 0.15) is 61.9 Å². The lowest BCUT2D eigenvalue weighted by molar-refractivity contribution is -0.135. The fourth-order valence-corrected chi connectivity index (χ4v) is 9.49. The van der Waals surface area contributed by atoms with Crippen molar-refractivity contribution in [2.75, 3.05) is 24.6 Å². The first-order chi connectivity index (χ1) is 41.1. The van der Waals surface area contributed by atoms with Crippen LogP contribution in [0.3, 0.4) is 0 Å². The Kier molecular flexibility index (Phi) is 27.4. The second kappa shape index (κ2) is 34.7. The van der Waals surface area contributed by atoms with E-state index in [1.165, 1.54) is 26.4 Å². The summed E-state index contributed by atoms with van der Waals surface area (Å²) < 4.78 is 0. The SMILES string of the molecule is CC(=O)N[C@H](Cc1ccccc1)C(=O)N[C@@H](CS)C(=O)N[C@@H](Cc1cnc[nH]1)C(=O)N[C@H](Cc1ccccc1)C(=O)N[C@@H](CCCCN=C(N)N)C(=O)N[C@@H](Cc1c[nH]c2ccccc12)C(=O)NCCC(=O)N[C@H](CS)C(=O)N[C@H](C(N)=O)[C@@H](C)O. The van der Waals surface area contributed by atoms with Crippen molar-refractivity contribution < 1.29 is 53.1 Å². The third kappa shape index (κ3) is 22.2. The lowest BCUT2D eigenvalue weighted by atomic mass is 10.0. The summed E-state index contributed by atoms with van der Waals surface area (Å²) in [5, 5.41) is 34.4. The highest BCUT2D eigenvalue weighted by Crippen LogP contribution is 2.20. The molecule has 0 radical (unpaired) electrons. The molecule has 5 rings (SSSR count). The molecule has 10 amide bonds. The number of amides is 10. The molecule has 0 saturated heterocycles. The number of aromatic nitrogens is 3. The number of carbonyl (C=O) groups excluding carboxylic acids is 10. The number of aliphatic imine (C=N–C) groups is 1. The van der Waals surface area contributed by atoms with Crippen LogP contribution in [-0.4, -0.2) is 164 Å². The van der Waals surface area contributed by atoms with E-state index in [9.17, 15) is 53.1 Å². The first-order valence-corrected chi connectivity index (χ1v) is 28.9. The second-order valence-corrected chi connectivity index (χ2v) is 21.0. The lowest BCUT2D eigenvalue weighted by Crippen LogP contribution is -2.60. The molecular weight excluding hydrogens is 1150 g/mol. The molecule has 0 bridgehead atoms. The zero-order valence-electron chi connectivity index (χ0n) is 47.5. The summed E-state index contributed by atoms with van der Waals surface area (Å²) in [6, 6.07) is 14.3. The molecule has 29 heteroatoms. The van der Waals surface area contributed by atoms with Gasteiger partial charge in [-0.3, -0.25) is 52.9 Å². The molecule has 0 saturated carbocycles. The topological polar surface area (TPSA) is 434 Å². The standard InChI is InChI=1S/C57H76N16O11S2/c1-32(74)48(49(58)77)73-56(84)45(29-85)67-47(76)20-22-62-50(78)43(25-36-27-64-39-18-10-9-17-38(36)39)70-51(79)40(19-11-12-21-63-57(59)60)68-53(81)42(24-35-15-7-4-8-16-35)69-54(82)44(26-37-28-61-31-65-37)71-55(83)46(30-86)72-52(80)41(66-33(2)75)23-34-13-5-3-6-14-34/h3-10,13-18,27-28,31-32,40-46,48,64,74,85-86H,11-12,19-26,29-30H2,1-2H3,(H2,58,77)(H,61,65)(H,62,78)(H,66,75)(H,67,76)(H,68,81)(H,69,82)(H,70,79)(H,71,83)(H,72,80)(H,73,84)(H4,59,60,63)/t32-,40+,41-,42-,43+,44+,45-,46+,48+/m1/s1. The maximum absolute atomic E-state index is 14.8. The Bertz CT molecular complexity index is 3110. The number of unbranched alkanes of at least 4 members (excludes halogenated alkanes) is 1. The lowest BCUT2D eigenvalue weighted by Gasteiger charge is -2.27. The van der Waals surface area contributed by atoms with Crippen LogP contribution in [-0.2, 0) is 73.6 Å². The number of fused-ring (bicyclic) bond motifs is 1. The number of carbonyl (C=O) groups is 10. The number of aliphatic hydroxyl groups is 1. The summed E-state index contributed by atoms with van der Waals surface area (Å²) in [4.78, 5) is 150. The monoisotopic (exact) mass is 1220 g/mol. The van der Waals surface area contributed by atoms with Crippen LogP contribution < -0.4 is 65.1 Å². The van der Waals surface area contributed by atoms with Crippen LogP contribution >= 0.6 is 25.3 Å². The number of imidazole rings is 1. The molecule has 0 fully saturated rings. The van der Waals surface area contributed by atoms with Crippen molar-refractivity contribution in [2.24, 2.45) is 22.2 Å². The number of nitrogens with zero attached hydrogens (tertiary/aromatic N) is 2. The van der Waals surface area contributed by atoms with Gasteiger partial charge in [-0.25, -0.2) is 4.98 Å². The van der Waals surface area contributed by atoms with Crippen molar-refractivity contribution in [1.82, 2.24) is 62.8 Å². The van der Waals surface area contributed by atoms with Gasteiger partial charge >= 0.3 is 0 Å². The number of hydrogen-bond donors (Lipinski definition) is 17. The van der Waals surface area contributed by atoms with Gasteiger partial charge in [0.05, 0.1) is 12.4 Å². The van der Waals surface area contributed by atoms with Crippen molar-refractivity contribution in [3.63, 3.8) is 0 Å². The predicted molar refractivity (Wildman–Crippen MR) is 326 cm³/mol. The summed E-state index contributed by atoms with van der Waals surface area (Å²) >= 11 is 8.47. The zero-order chi connectivity index (χ0) is 62.7. The van der Waals surface area contributed by atoms with Crippen LogP contribution in [0.2, 0.25) is 0 Å². The molecule has 462 valence electrons. The number of benzene rings is 3. The van der Waals surface area contributed by atoms with Crippen LogP contribution in [0.15, 0.2) is 109 Å². The van der Waals surface area contributed by atoms with Crippen LogP contribution in [0.4, 0.5) is 0 Å². The summed E-state index contributed by atoms with van der Waals surface area (Å²) in [5.41, 5.74) is 19.6. The maximum Gasteiger partial charge on any atom is 0.244 e. The van der Waals surface area contributed by atoms with E-state index in [1.807, 2.05) is 18.2 Å². The number of thiol groups is 2. The van der Waals surface area contributed by atoms with Gasteiger partial charge in [-0.15, -0.1) is 0 Å². The number of para-hydroxylation sites is 1. The van der Waals surface area contributed by atoms with Crippen LogP contribution in [0.25, 0.3) is 10.9 Å². The van der Waals surface area contributed by atoms with Crippen molar-refractivity contribution >= 4 is 101 Å². The Hall–Kier alpha value is -8.96. The van der Waals surface area contributed by atoms with Gasteiger partial charge in [0.15, 0.2) is 5.96 Å². The minimum Gasteiger partial charge on any atom is -0.391 e. The molecule has 0 spiro atoms. The third-order valence-electron chi connectivity index (χ3n) is 13.5. The van der Waals surface area contributed by atoms with Gasteiger partial charge in [0.2, 0.25) is 59.1 Å². The number of rotatable bonds is 35. The fraction of sp³-hybridized carbons (Fsp3) is 0.404. The van der Waals surface area contributed by atoms with Gasteiger partial charge < -0.3 is 80.1 Å². The number of aliphatic hydroxyl groups excluding tert-OH is 1. The molecular formula is C57H76N16O11S2. The number of H-pyrrole nitrogens is 2. The first kappa shape index (κ1) is 67.8. The largest absolute Gasteiger partial charge is 0.391 e. The van der Waals surface area contributed by atoms with Gasteiger partial charge in [-0.05, 0) is 48.9 Å². The highest BCUT2D eigenvalue weighted by atomic mass is 32.1. The van der Waals surface area contributed by atoms with Crippen LogP contribution in [0, 0.1) is 0 Å². The minimum atomic E-state index is -1.44. The quantitative estimate of drug-likeness (QED) is 0.00882. The Balaban J connectivity index is 1.39. The molecule has 0 aliphatic carbocycles. The molecule has 0 unspecified atom stereocenters. The summed E-state index contributed by atoms with van der Waals surface area (Å²) in [6.45, 7) is 2.40. The van der Waals surface area contributed by atoms with Crippen molar-refractivity contribution in [1.29, 1.82) is 0 Å². The van der Waals surface area contributed by atoms with E-state index in [0.717, 1.165) is 16.5 Å². The van der Waals surface area contributed by atoms with Gasteiger partial charge in [-0.2, -0.15) is 25.3 Å². The Morgan fingerprint density at radius 3 is 1.63 bits per heavy atom. The smallest absolute Gasteiger partial charge is 0.244 e. The molecule has 18 N–H and O–H groups in total. The van der Waals surface area contributed by atoms with E-state index < -0.39 is 114 Å². The molecule has 86 heavy (non-hydrogen) atoms. The Morgan fingerprint density at radius 2 is 1.08 bits per heavy atom. The minimum absolute atomic E-state index is 0.0219. The van der Waals surface area contributed by atoms with Gasteiger partial charge in [0.25, 0.3) is 0 Å². The number of nitrogens with one attached hydrogen (secondary N) is 11. The van der Waals surface area contributed by atoms with E-state index in [4.69, 9.17) is 17.2 Å². The number of aromatic amines is 2. The molecule has 27 nitrogen and oxygen atoms in total. The van der Waals surface area contributed by atoms with Gasteiger partial charge in [0, 0.05) is 92.6 Å². The molecule has 5 aromatic rings. The number of hydrogen-bond acceptors (Lipinski definition) is 15. The highest BCUT2D eigenvalue weighted by Gasteiger charge is 2.35. The van der Waals surface area contributed by atoms with Crippen molar-refractivity contribution in [2.45, 2.75) is 120 Å². The van der Waals surface area contributed by atoms with Crippen molar-refractivity contribution in [3.05, 3.63) is 126 Å². The molecule has 2 aromatic heterocycles. The van der Waals surface area contributed by atoms with E-state index >= 15 is 0 Å². The molecule has 3 aromatic carbocycles. The second-order valence-electron chi connectivity index (χ2n) is 20.2. The zero-order valence-corrected chi connectivity index (χ0v) is 49.3. The maximum atomic E-state index is 14.8. The van der Waals surface area contributed by atoms with E-state index in [0.29, 0.717) is 23.2 Å². The van der Waals surface area contributed by atoms with Gasteiger partial charge in [-0.1, -0.05) is 78.9 Å². The molecule has 9 atom stereocenters. The highest BCUT2D eigenvalue weighted by molar-refractivity contribution is 7.80. The normalized spacial score (nSPS) is 14.2. The number of guanidine groups is 1. The summed E-state index contributed by atoms with van der Waals surface area (Å²) in [7, 11) is 0. The number of primary amides is 1. The Morgan fingerprint density at radius 1 is 0.581 bits per heavy atom. The predicted octanol–water partition coefficient (Wildman–Crippen LogP) is -2.26. The van der Waals surface area contributed by atoms with Gasteiger partial charge in [0.1, 0.15) is 48.3 Å². The van der Waals surface area contributed by atoms with E-state index in [1.54, 1.807) is 72.9 Å². The molecule has 0 aliphatic rings. The first-order valence-electron chi connectivity index (χ1n) is 27.7. The van der Waals surface area contributed by atoms with E-state index in [2.05, 4.69) is 93.1 Å². The molecule has 0 aliphatic heterocycles. The van der Waals surface area contributed by atoms with E-state index in [-0.39, 0.29) is 75.5 Å². The average molecular weight is 1230 g/mol. The number of nitrogens with two attached hydrogens (primary N) is 3. The Labute approximate surface area is 507 Å². The van der Waals surface area contributed by atoms with Crippen molar-refractivity contribution in [3.8, 4) is 0 Å². The third-order valence-corrected chi connectivity index (χ3v) is 14.2. The summed E-state index contributed by atoms with van der Waals surface area (Å²) in [5.74, 6) is -8.30. The fourth-order valence-electron chi connectivity index (χ4n) is 8.98. The average Bonchev–Trinajstić information content (AvgIpc) is 3.41. The molecule has 2 heterocycles.